The Morgan fingerprint density at radius 2 is 2.09 bits per heavy atom. The largest absolute Gasteiger partial charge is 0.364 e. The van der Waals surface area contributed by atoms with Crippen molar-refractivity contribution in [1.29, 1.82) is 0 Å². The predicted octanol–water partition coefficient (Wildman–Crippen LogP) is 2.73. The molecular formula is C15H20FIN4O. The molecule has 2 rings (SSSR count). The van der Waals surface area contributed by atoms with E-state index < -0.39 is 0 Å². The van der Waals surface area contributed by atoms with E-state index in [0.717, 1.165) is 12.2 Å². The quantitative estimate of drug-likeness (QED) is 0.430. The van der Waals surface area contributed by atoms with Gasteiger partial charge in [-0.2, -0.15) is 0 Å². The monoisotopic (exact) mass is 418 g/mol. The number of hydrogen-bond acceptors (Lipinski definition) is 3. The Labute approximate surface area is 146 Å². The summed E-state index contributed by atoms with van der Waals surface area (Å²) in [7, 11) is 0. The van der Waals surface area contributed by atoms with E-state index in [9.17, 15) is 4.39 Å². The van der Waals surface area contributed by atoms with Gasteiger partial charge in [-0.25, -0.2) is 9.38 Å². The summed E-state index contributed by atoms with van der Waals surface area (Å²) >= 11 is 0. The van der Waals surface area contributed by atoms with Gasteiger partial charge in [-0.3, -0.25) is 0 Å². The normalized spacial score (nSPS) is 10.9. The van der Waals surface area contributed by atoms with Crippen molar-refractivity contribution in [3.8, 4) is 0 Å². The fourth-order valence-corrected chi connectivity index (χ4v) is 1.84. The SMILES string of the molecule is CCNC(=NCc1ccon1)NCCc1ccccc1F.I. The van der Waals surface area contributed by atoms with E-state index in [1.165, 1.54) is 12.3 Å². The first kappa shape index (κ1) is 18.4. The fourth-order valence-electron chi connectivity index (χ4n) is 1.84. The molecule has 7 heteroatoms. The van der Waals surface area contributed by atoms with E-state index in [1.807, 2.05) is 13.0 Å². The van der Waals surface area contributed by atoms with Gasteiger partial charge in [0.25, 0.3) is 0 Å². The predicted molar refractivity (Wildman–Crippen MR) is 94.8 cm³/mol. The van der Waals surface area contributed by atoms with Crippen LogP contribution in [0.2, 0.25) is 0 Å². The molecule has 120 valence electrons. The van der Waals surface area contributed by atoms with Gasteiger partial charge in [-0.05, 0) is 25.0 Å². The number of aliphatic imine (C=N–C) groups is 1. The topological polar surface area (TPSA) is 62.5 Å². The van der Waals surface area contributed by atoms with Crippen LogP contribution in [-0.4, -0.2) is 24.2 Å². The van der Waals surface area contributed by atoms with Crippen LogP contribution in [0.1, 0.15) is 18.2 Å². The number of rotatable bonds is 6. The second-order valence-electron chi connectivity index (χ2n) is 4.45. The summed E-state index contributed by atoms with van der Waals surface area (Å²) in [5.74, 6) is 0.501. The second kappa shape index (κ2) is 10.1. The van der Waals surface area contributed by atoms with Crippen LogP contribution in [0.25, 0.3) is 0 Å². The third-order valence-corrected chi connectivity index (χ3v) is 2.88. The Bertz CT molecular complexity index is 575. The van der Waals surface area contributed by atoms with Crippen molar-refractivity contribution in [2.24, 2.45) is 4.99 Å². The van der Waals surface area contributed by atoms with E-state index in [4.69, 9.17) is 4.52 Å². The molecule has 0 aliphatic rings. The lowest BCUT2D eigenvalue weighted by Gasteiger charge is -2.11. The minimum Gasteiger partial charge on any atom is -0.364 e. The van der Waals surface area contributed by atoms with Crippen LogP contribution in [0, 0.1) is 5.82 Å². The molecule has 0 radical (unpaired) electrons. The van der Waals surface area contributed by atoms with Crippen LogP contribution in [-0.2, 0) is 13.0 Å². The van der Waals surface area contributed by atoms with Gasteiger partial charge in [0.2, 0.25) is 0 Å². The lowest BCUT2D eigenvalue weighted by Crippen LogP contribution is -2.38. The third-order valence-electron chi connectivity index (χ3n) is 2.88. The molecule has 0 amide bonds. The summed E-state index contributed by atoms with van der Waals surface area (Å²) in [4.78, 5) is 4.39. The van der Waals surface area contributed by atoms with Crippen LogP contribution in [0.15, 0.2) is 46.1 Å². The van der Waals surface area contributed by atoms with Gasteiger partial charge < -0.3 is 15.2 Å². The fraction of sp³-hybridized carbons (Fsp3) is 0.333. The molecule has 0 spiro atoms. The average Bonchev–Trinajstić information content (AvgIpc) is 3.00. The van der Waals surface area contributed by atoms with Crippen molar-refractivity contribution < 1.29 is 8.91 Å². The highest BCUT2D eigenvalue weighted by molar-refractivity contribution is 14.0. The zero-order chi connectivity index (χ0) is 14.9. The van der Waals surface area contributed by atoms with Crippen molar-refractivity contribution in [2.75, 3.05) is 13.1 Å². The molecule has 0 aliphatic heterocycles. The van der Waals surface area contributed by atoms with Crippen LogP contribution < -0.4 is 10.6 Å². The first-order chi connectivity index (χ1) is 10.3. The second-order valence-corrected chi connectivity index (χ2v) is 4.45. The number of benzene rings is 1. The van der Waals surface area contributed by atoms with Gasteiger partial charge in [-0.15, -0.1) is 24.0 Å². The Kier molecular flexibility index (Phi) is 8.49. The highest BCUT2D eigenvalue weighted by atomic mass is 127. The van der Waals surface area contributed by atoms with E-state index >= 15 is 0 Å². The maximum Gasteiger partial charge on any atom is 0.191 e. The molecule has 0 atom stereocenters. The third kappa shape index (κ3) is 6.00. The van der Waals surface area contributed by atoms with Crippen molar-refractivity contribution in [2.45, 2.75) is 19.9 Å². The smallest absolute Gasteiger partial charge is 0.191 e. The molecule has 5 nitrogen and oxygen atoms in total. The number of halogens is 2. The Hall–Kier alpha value is -1.64. The molecule has 0 unspecified atom stereocenters. The molecule has 0 saturated carbocycles. The van der Waals surface area contributed by atoms with E-state index in [0.29, 0.717) is 31.0 Å². The lowest BCUT2D eigenvalue weighted by molar-refractivity contribution is 0.412. The molecule has 22 heavy (non-hydrogen) atoms. The van der Waals surface area contributed by atoms with Gasteiger partial charge >= 0.3 is 0 Å². The molecule has 1 aromatic heterocycles. The van der Waals surface area contributed by atoms with Crippen molar-refractivity contribution >= 4 is 29.9 Å². The zero-order valence-electron chi connectivity index (χ0n) is 12.4. The maximum atomic E-state index is 13.5. The molecule has 1 heterocycles. The minimum absolute atomic E-state index is 0. The molecule has 2 aromatic rings. The number of hydrogen-bond donors (Lipinski definition) is 2. The molecule has 2 N–H and O–H groups in total. The summed E-state index contributed by atoms with van der Waals surface area (Å²) < 4.78 is 18.3. The standard InChI is InChI=1S/C15H19FN4O.HI/c1-2-17-15(19-11-13-8-10-21-20-13)18-9-7-12-5-3-4-6-14(12)16;/h3-6,8,10H,2,7,9,11H2,1H3,(H2,17,18,19);1H. The van der Waals surface area contributed by atoms with E-state index in [2.05, 4.69) is 20.8 Å². The van der Waals surface area contributed by atoms with Crippen molar-refractivity contribution in [3.63, 3.8) is 0 Å². The van der Waals surface area contributed by atoms with E-state index in [1.54, 1.807) is 18.2 Å². The Morgan fingerprint density at radius 1 is 1.27 bits per heavy atom. The summed E-state index contributed by atoms with van der Waals surface area (Å²) in [5, 5.41) is 10.1. The van der Waals surface area contributed by atoms with Gasteiger partial charge in [0, 0.05) is 19.2 Å². The summed E-state index contributed by atoms with van der Waals surface area (Å²) in [6.07, 6.45) is 2.12. The van der Waals surface area contributed by atoms with E-state index in [-0.39, 0.29) is 29.8 Å². The highest BCUT2D eigenvalue weighted by Crippen LogP contribution is 2.06. The number of aromatic nitrogens is 1. The summed E-state index contributed by atoms with van der Waals surface area (Å²) in [5.41, 5.74) is 1.46. The van der Waals surface area contributed by atoms with Gasteiger partial charge in [-0.1, -0.05) is 23.4 Å². The van der Waals surface area contributed by atoms with Gasteiger partial charge in [0.15, 0.2) is 5.96 Å². The Morgan fingerprint density at radius 3 is 2.77 bits per heavy atom. The van der Waals surface area contributed by atoms with Crippen LogP contribution in [0.5, 0.6) is 0 Å². The average molecular weight is 418 g/mol. The van der Waals surface area contributed by atoms with Crippen LogP contribution in [0.3, 0.4) is 0 Å². The first-order valence-electron chi connectivity index (χ1n) is 6.94. The molecule has 0 saturated heterocycles. The number of nitrogens with zero attached hydrogens (tertiary/aromatic N) is 2. The molecule has 0 aliphatic carbocycles. The van der Waals surface area contributed by atoms with Crippen LogP contribution >= 0.6 is 24.0 Å². The minimum atomic E-state index is -0.177. The molecule has 0 fully saturated rings. The zero-order valence-corrected chi connectivity index (χ0v) is 14.7. The molecular weight excluding hydrogens is 398 g/mol. The summed E-state index contributed by atoms with van der Waals surface area (Å²) in [6, 6.07) is 8.56. The highest BCUT2D eigenvalue weighted by Gasteiger charge is 2.02. The number of nitrogens with one attached hydrogen (secondary N) is 2. The Balaban J connectivity index is 0.00000242. The molecule has 0 bridgehead atoms. The first-order valence-corrected chi connectivity index (χ1v) is 6.94. The summed E-state index contributed by atoms with van der Waals surface area (Å²) in [6.45, 7) is 3.78. The lowest BCUT2D eigenvalue weighted by atomic mass is 10.1. The number of guanidine groups is 1. The van der Waals surface area contributed by atoms with Crippen molar-refractivity contribution in [1.82, 2.24) is 15.8 Å². The van der Waals surface area contributed by atoms with Gasteiger partial charge in [0.05, 0.1) is 6.54 Å². The molecule has 1 aromatic carbocycles. The maximum absolute atomic E-state index is 13.5. The van der Waals surface area contributed by atoms with Gasteiger partial charge in [0.1, 0.15) is 17.8 Å². The van der Waals surface area contributed by atoms with Crippen molar-refractivity contribution in [3.05, 3.63) is 53.7 Å². The van der Waals surface area contributed by atoms with Crippen LogP contribution in [0.4, 0.5) is 4.39 Å².